The van der Waals surface area contributed by atoms with E-state index in [0.29, 0.717) is 0 Å². The molecule has 1 heterocycles. The molecule has 0 aliphatic heterocycles. The van der Waals surface area contributed by atoms with Crippen molar-refractivity contribution in [2.45, 2.75) is 20.8 Å². The lowest BCUT2D eigenvalue weighted by molar-refractivity contribution is -0.384. The van der Waals surface area contributed by atoms with Gasteiger partial charge >= 0.3 is 0 Å². The third kappa shape index (κ3) is 2.22. The van der Waals surface area contributed by atoms with Crippen LogP contribution in [0.2, 0.25) is 0 Å². The minimum Gasteiger partial charge on any atom is -0.258 e. The molecule has 1 aromatic heterocycles. The first-order chi connectivity index (χ1) is 8.49. The van der Waals surface area contributed by atoms with E-state index < -0.39 is 0 Å². The molecule has 0 aliphatic rings. The minimum atomic E-state index is -0.379. The van der Waals surface area contributed by atoms with Crippen LogP contribution in [0.5, 0.6) is 0 Å². The molecule has 0 saturated carbocycles. The Hall–Kier alpha value is -2.23. The molecule has 1 aromatic carbocycles. The second-order valence-corrected chi connectivity index (χ2v) is 4.35. The molecular formula is C14H14N2O2. The summed E-state index contributed by atoms with van der Waals surface area (Å²) in [5.41, 5.74) is 4.86. The van der Waals surface area contributed by atoms with Crippen LogP contribution in [0.15, 0.2) is 30.3 Å². The Morgan fingerprint density at radius 3 is 2.50 bits per heavy atom. The van der Waals surface area contributed by atoms with Gasteiger partial charge in [-0.1, -0.05) is 12.1 Å². The molecule has 0 unspecified atom stereocenters. The van der Waals surface area contributed by atoms with Crippen molar-refractivity contribution >= 4 is 5.69 Å². The van der Waals surface area contributed by atoms with E-state index in [1.807, 2.05) is 32.9 Å². The summed E-state index contributed by atoms with van der Waals surface area (Å²) in [6.07, 6.45) is 0. The molecule has 18 heavy (non-hydrogen) atoms. The van der Waals surface area contributed by atoms with Crippen LogP contribution < -0.4 is 0 Å². The fourth-order valence-corrected chi connectivity index (χ4v) is 2.24. The zero-order valence-electron chi connectivity index (χ0n) is 10.6. The average Bonchev–Trinajstić information content (AvgIpc) is 2.28. The summed E-state index contributed by atoms with van der Waals surface area (Å²) >= 11 is 0. The van der Waals surface area contributed by atoms with Crippen LogP contribution in [-0.2, 0) is 0 Å². The molecule has 0 atom stereocenters. The van der Waals surface area contributed by atoms with Crippen molar-refractivity contribution in [1.82, 2.24) is 4.98 Å². The maximum absolute atomic E-state index is 10.8. The van der Waals surface area contributed by atoms with Crippen LogP contribution in [-0.4, -0.2) is 9.91 Å². The first kappa shape index (κ1) is 12.2. The van der Waals surface area contributed by atoms with Crippen LogP contribution >= 0.6 is 0 Å². The summed E-state index contributed by atoms with van der Waals surface area (Å²) in [7, 11) is 0. The summed E-state index contributed by atoms with van der Waals surface area (Å²) in [6, 6.07) is 8.65. The Morgan fingerprint density at radius 2 is 1.89 bits per heavy atom. The fraction of sp³-hybridized carbons (Fsp3) is 0.214. The highest BCUT2D eigenvalue weighted by Crippen LogP contribution is 2.29. The normalized spacial score (nSPS) is 10.4. The van der Waals surface area contributed by atoms with Gasteiger partial charge in [0.25, 0.3) is 5.69 Å². The molecule has 4 heteroatoms. The molecule has 0 saturated heterocycles. The van der Waals surface area contributed by atoms with Gasteiger partial charge in [-0.15, -0.1) is 0 Å². The molecular weight excluding hydrogens is 228 g/mol. The predicted molar refractivity (Wildman–Crippen MR) is 70.5 cm³/mol. The highest BCUT2D eigenvalue weighted by Gasteiger charge is 2.11. The molecule has 0 fully saturated rings. The molecule has 0 aliphatic carbocycles. The van der Waals surface area contributed by atoms with Crippen molar-refractivity contribution < 1.29 is 4.92 Å². The fourth-order valence-electron chi connectivity index (χ4n) is 2.24. The first-order valence-corrected chi connectivity index (χ1v) is 5.68. The number of benzene rings is 1. The summed E-state index contributed by atoms with van der Waals surface area (Å²) in [5.74, 6) is 0. The number of non-ortho nitro benzene ring substituents is 1. The van der Waals surface area contributed by atoms with Crippen molar-refractivity contribution in [3.8, 4) is 11.1 Å². The van der Waals surface area contributed by atoms with Crippen LogP contribution in [0.4, 0.5) is 5.69 Å². The number of hydrogen-bond acceptors (Lipinski definition) is 3. The number of nitro benzene ring substituents is 1. The molecule has 0 N–H and O–H groups in total. The topological polar surface area (TPSA) is 56.0 Å². The van der Waals surface area contributed by atoms with E-state index in [9.17, 15) is 10.1 Å². The third-order valence-electron chi connectivity index (χ3n) is 2.87. The van der Waals surface area contributed by atoms with E-state index in [2.05, 4.69) is 4.98 Å². The number of aryl methyl sites for hydroxylation is 3. The smallest absolute Gasteiger partial charge is 0.258 e. The SMILES string of the molecule is Cc1cc(C)c(-c2cccc([N+](=O)[O-])c2)c(C)n1. The molecule has 0 radical (unpaired) electrons. The lowest BCUT2D eigenvalue weighted by Crippen LogP contribution is -1.95. The van der Waals surface area contributed by atoms with E-state index in [1.165, 1.54) is 6.07 Å². The van der Waals surface area contributed by atoms with Crippen molar-refractivity contribution in [2.75, 3.05) is 0 Å². The van der Waals surface area contributed by atoms with Crippen LogP contribution in [0, 0.1) is 30.9 Å². The Bertz CT molecular complexity index is 598. The maximum atomic E-state index is 10.8. The van der Waals surface area contributed by atoms with E-state index in [-0.39, 0.29) is 10.6 Å². The number of hydrogen-bond donors (Lipinski definition) is 0. The molecule has 2 rings (SSSR count). The first-order valence-electron chi connectivity index (χ1n) is 5.68. The number of nitro groups is 1. The second kappa shape index (κ2) is 4.56. The average molecular weight is 242 g/mol. The standard InChI is InChI=1S/C14H14N2O2/c1-9-7-10(2)15-11(3)14(9)12-5-4-6-13(8-12)16(17)18/h4-8H,1-3H3. The van der Waals surface area contributed by atoms with Crippen LogP contribution in [0.25, 0.3) is 11.1 Å². The summed E-state index contributed by atoms with van der Waals surface area (Å²) in [5, 5.41) is 10.8. The van der Waals surface area contributed by atoms with E-state index in [4.69, 9.17) is 0 Å². The third-order valence-corrected chi connectivity index (χ3v) is 2.87. The molecule has 92 valence electrons. The highest BCUT2D eigenvalue weighted by molar-refractivity contribution is 5.71. The molecule has 0 amide bonds. The second-order valence-electron chi connectivity index (χ2n) is 4.35. The van der Waals surface area contributed by atoms with Crippen LogP contribution in [0.3, 0.4) is 0 Å². The van der Waals surface area contributed by atoms with Gasteiger partial charge in [-0.2, -0.15) is 0 Å². The molecule has 2 aromatic rings. The number of pyridine rings is 1. The molecule has 0 spiro atoms. The number of aromatic nitrogens is 1. The Balaban J connectivity index is 2.62. The van der Waals surface area contributed by atoms with E-state index in [1.54, 1.807) is 12.1 Å². The summed E-state index contributed by atoms with van der Waals surface area (Å²) in [4.78, 5) is 14.8. The van der Waals surface area contributed by atoms with E-state index in [0.717, 1.165) is 28.1 Å². The zero-order chi connectivity index (χ0) is 13.3. The summed E-state index contributed by atoms with van der Waals surface area (Å²) in [6.45, 7) is 5.86. The molecule has 0 bridgehead atoms. The van der Waals surface area contributed by atoms with Gasteiger partial charge in [0.2, 0.25) is 0 Å². The van der Waals surface area contributed by atoms with E-state index >= 15 is 0 Å². The molecule has 4 nitrogen and oxygen atoms in total. The van der Waals surface area contributed by atoms with Gasteiger partial charge in [0.1, 0.15) is 0 Å². The van der Waals surface area contributed by atoms with Crippen molar-refractivity contribution in [3.63, 3.8) is 0 Å². The van der Waals surface area contributed by atoms with Crippen molar-refractivity contribution in [1.29, 1.82) is 0 Å². The maximum Gasteiger partial charge on any atom is 0.270 e. The van der Waals surface area contributed by atoms with Crippen molar-refractivity contribution in [2.24, 2.45) is 0 Å². The lowest BCUT2D eigenvalue weighted by atomic mass is 9.98. The monoisotopic (exact) mass is 242 g/mol. The van der Waals surface area contributed by atoms with Crippen molar-refractivity contribution in [3.05, 3.63) is 57.4 Å². The van der Waals surface area contributed by atoms with Gasteiger partial charge in [-0.3, -0.25) is 15.1 Å². The van der Waals surface area contributed by atoms with Gasteiger partial charge in [-0.25, -0.2) is 0 Å². The predicted octanol–water partition coefficient (Wildman–Crippen LogP) is 3.58. The lowest BCUT2D eigenvalue weighted by Gasteiger charge is -2.10. The zero-order valence-corrected chi connectivity index (χ0v) is 10.6. The Labute approximate surface area is 105 Å². The largest absolute Gasteiger partial charge is 0.270 e. The van der Waals surface area contributed by atoms with Gasteiger partial charge in [0, 0.05) is 29.1 Å². The van der Waals surface area contributed by atoms with Gasteiger partial charge < -0.3 is 0 Å². The van der Waals surface area contributed by atoms with Gasteiger partial charge in [0.15, 0.2) is 0 Å². The summed E-state index contributed by atoms with van der Waals surface area (Å²) < 4.78 is 0. The Morgan fingerprint density at radius 1 is 1.17 bits per heavy atom. The van der Waals surface area contributed by atoms with Gasteiger partial charge in [-0.05, 0) is 38.0 Å². The Kier molecular flexibility index (Phi) is 3.10. The van der Waals surface area contributed by atoms with Gasteiger partial charge in [0.05, 0.1) is 4.92 Å². The number of nitrogens with zero attached hydrogens (tertiary/aromatic N) is 2. The van der Waals surface area contributed by atoms with Crippen LogP contribution in [0.1, 0.15) is 17.0 Å². The highest BCUT2D eigenvalue weighted by atomic mass is 16.6. The quantitative estimate of drug-likeness (QED) is 0.597. The minimum absolute atomic E-state index is 0.104. The number of rotatable bonds is 2.